The highest BCUT2D eigenvalue weighted by Crippen LogP contribution is 2.26. The summed E-state index contributed by atoms with van der Waals surface area (Å²) < 4.78 is 0. The molecule has 1 aliphatic rings. The van der Waals surface area contributed by atoms with E-state index in [1.54, 1.807) is 0 Å². The summed E-state index contributed by atoms with van der Waals surface area (Å²) in [5.41, 5.74) is 9.13. The summed E-state index contributed by atoms with van der Waals surface area (Å²) in [5.74, 6) is 0.892. The Balaban J connectivity index is 2.57. The molecular weight excluding hydrogens is 206 g/mol. The van der Waals surface area contributed by atoms with E-state index in [-0.39, 0.29) is 0 Å². The smallest absolute Gasteiger partial charge is 0.138 e. The molecule has 0 fully saturated rings. The van der Waals surface area contributed by atoms with Gasteiger partial charge in [-0.3, -0.25) is 0 Å². The second kappa shape index (κ2) is 3.77. The van der Waals surface area contributed by atoms with Gasteiger partial charge in [0.05, 0.1) is 5.56 Å². The van der Waals surface area contributed by atoms with Gasteiger partial charge in [-0.05, 0) is 30.9 Å². The Morgan fingerprint density at radius 3 is 2.80 bits per heavy atom. The fraction of sp³-hybridized carbons (Fsp3) is 0.455. The van der Waals surface area contributed by atoms with Gasteiger partial charge in [0.25, 0.3) is 0 Å². The van der Waals surface area contributed by atoms with Crippen LogP contribution in [0, 0.1) is 0 Å². The number of aromatic nitrogens is 1. The molecule has 0 aliphatic heterocycles. The zero-order chi connectivity index (χ0) is 11.0. The summed E-state index contributed by atoms with van der Waals surface area (Å²) in [4.78, 5) is 7.03. The molecular formula is C11H15N3S. The predicted octanol–water partition coefficient (Wildman–Crippen LogP) is 1.27. The molecule has 1 aliphatic carbocycles. The van der Waals surface area contributed by atoms with Crippen LogP contribution in [0.5, 0.6) is 0 Å². The first kappa shape index (κ1) is 10.4. The fourth-order valence-corrected chi connectivity index (χ4v) is 2.13. The Kier molecular flexibility index (Phi) is 2.61. The molecule has 0 atom stereocenters. The Morgan fingerprint density at radius 2 is 2.20 bits per heavy atom. The van der Waals surface area contributed by atoms with E-state index in [2.05, 4.69) is 11.1 Å². The highest BCUT2D eigenvalue weighted by molar-refractivity contribution is 7.80. The third-order valence-electron chi connectivity index (χ3n) is 2.72. The van der Waals surface area contributed by atoms with Crippen molar-refractivity contribution in [3.63, 3.8) is 0 Å². The second-order valence-corrected chi connectivity index (χ2v) is 4.52. The molecule has 1 aromatic heterocycles. The SMILES string of the molecule is CN(C)c1nc2c(cc1C(N)=S)CCC2. The van der Waals surface area contributed by atoms with Crippen LogP contribution in [-0.4, -0.2) is 24.1 Å². The first-order chi connectivity index (χ1) is 7.09. The zero-order valence-corrected chi connectivity index (χ0v) is 9.90. The van der Waals surface area contributed by atoms with Crippen molar-refractivity contribution in [3.05, 3.63) is 22.9 Å². The van der Waals surface area contributed by atoms with Gasteiger partial charge in [-0.2, -0.15) is 0 Å². The van der Waals surface area contributed by atoms with Crippen molar-refractivity contribution in [2.75, 3.05) is 19.0 Å². The van der Waals surface area contributed by atoms with E-state index in [0.29, 0.717) is 4.99 Å². The normalized spacial score (nSPS) is 13.7. The van der Waals surface area contributed by atoms with Crippen LogP contribution in [0.4, 0.5) is 5.82 Å². The topological polar surface area (TPSA) is 42.2 Å². The van der Waals surface area contributed by atoms with Gasteiger partial charge >= 0.3 is 0 Å². The van der Waals surface area contributed by atoms with E-state index in [4.69, 9.17) is 18.0 Å². The maximum atomic E-state index is 5.71. The van der Waals surface area contributed by atoms with Crippen molar-refractivity contribution >= 4 is 23.0 Å². The molecule has 1 heterocycles. The summed E-state index contributed by atoms with van der Waals surface area (Å²) in [6.45, 7) is 0. The molecule has 2 rings (SSSR count). The molecule has 0 aromatic carbocycles. The quantitative estimate of drug-likeness (QED) is 0.764. The van der Waals surface area contributed by atoms with Gasteiger partial charge in [0.15, 0.2) is 0 Å². The molecule has 0 radical (unpaired) electrons. The summed E-state index contributed by atoms with van der Waals surface area (Å²) in [5, 5.41) is 0. The van der Waals surface area contributed by atoms with E-state index >= 15 is 0 Å². The molecule has 0 unspecified atom stereocenters. The molecule has 2 N–H and O–H groups in total. The van der Waals surface area contributed by atoms with Gasteiger partial charge in [-0.1, -0.05) is 12.2 Å². The minimum absolute atomic E-state index is 0.431. The number of anilines is 1. The van der Waals surface area contributed by atoms with Crippen molar-refractivity contribution in [1.29, 1.82) is 0 Å². The lowest BCUT2D eigenvalue weighted by Gasteiger charge is -2.17. The Morgan fingerprint density at radius 1 is 1.47 bits per heavy atom. The second-order valence-electron chi connectivity index (χ2n) is 4.08. The van der Waals surface area contributed by atoms with Crippen molar-refractivity contribution in [2.24, 2.45) is 5.73 Å². The van der Waals surface area contributed by atoms with Crippen molar-refractivity contribution in [2.45, 2.75) is 19.3 Å². The molecule has 4 heteroatoms. The number of nitrogens with two attached hydrogens (primary N) is 1. The highest BCUT2D eigenvalue weighted by atomic mass is 32.1. The lowest BCUT2D eigenvalue weighted by molar-refractivity contribution is 0.897. The number of pyridine rings is 1. The van der Waals surface area contributed by atoms with Crippen LogP contribution >= 0.6 is 12.2 Å². The Bertz CT molecular complexity index is 413. The van der Waals surface area contributed by atoms with Gasteiger partial charge < -0.3 is 10.6 Å². The summed E-state index contributed by atoms with van der Waals surface area (Å²) in [6, 6.07) is 2.10. The molecule has 0 saturated heterocycles. The standard InChI is InChI=1S/C11H15N3S/c1-14(2)11-8(10(12)15)6-7-4-3-5-9(7)13-11/h6H,3-5H2,1-2H3,(H2,12,15). The minimum atomic E-state index is 0.431. The Labute approximate surface area is 95.3 Å². The van der Waals surface area contributed by atoms with Crippen LogP contribution in [0.2, 0.25) is 0 Å². The Hall–Kier alpha value is -1.16. The molecule has 0 spiro atoms. The van der Waals surface area contributed by atoms with E-state index in [1.807, 2.05) is 19.0 Å². The van der Waals surface area contributed by atoms with Crippen LogP contribution in [0.15, 0.2) is 6.07 Å². The van der Waals surface area contributed by atoms with Gasteiger partial charge in [0.2, 0.25) is 0 Å². The van der Waals surface area contributed by atoms with Gasteiger partial charge in [0, 0.05) is 19.8 Å². The molecule has 80 valence electrons. The number of fused-ring (bicyclic) bond motifs is 1. The average Bonchev–Trinajstić information content (AvgIpc) is 2.61. The van der Waals surface area contributed by atoms with E-state index in [0.717, 1.165) is 24.2 Å². The van der Waals surface area contributed by atoms with E-state index in [1.165, 1.54) is 17.7 Å². The molecule has 3 nitrogen and oxygen atoms in total. The van der Waals surface area contributed by atoms with Crippen LogP contribution in [0.25, 0.3) is 0 Å². The number of aryl methyl sites for hydroxylation is 2. The van der Waals surface area contributed by atoms with Crippen molar-refractivity contribution in [3.8, 4) is 0 Å². The van der Waals surface area contributed by atoms with Crippen LogP contribution in [0.1, 0.15) is 23.2 Å². The number of thiocarbonyl (C=S) groups is 1. The number of rotatable bonds is 2. The van der Waals surface area contributed by atoms with Crippen LogP contribution in [0.3, 0.4) is 0 Å². The van der Waals surface area contributed by atoms with Gasteiger partial charge in [-0.15, -0.1) is 0 Å². The van der Waals surface area contributed by atoms with E-state index < -0.39 is 0 Å². The fourth-order valence-electron chi connectivity index (χ4n) is 1.98. The highest BCUT2D eigenvalue weighted by Gasteiger charge is 2.18. The van der Waals surface area contributed by atoms with Crippen molar-refractivity contribution in [1.82, 2.24) is 4.98 Å². The molecule has 1 aromatic rings. The molecule has 0 saturated carbocycles. The monoisotopic (exact) mass is 221 g/mol. The minimum Gasteiger partial charge on any atom is -0.389 e. The largest absolute Gasteiger partial charge is 0.389 e. The third-order valence-corrected chi connectivity index (χ3v) is 2.94. The lowest BCUT2D eigenvalue weighted by atomic mass is 10.1. The number of nitrogens with zero attached hydrogens (tertiary/aromatic N) is 2. The lowest BCUT2D eigenvalue weighted by Crippen LogP contribution is -2.20. The van der Waals surface area contributed by atoms with Gasteiger partial charge in [0.1, 0.15) is 10.8 Å². The number of hydrogen-bond acceptors (Lipinski definition) is 3. The molecule has 15 heavy (non-hydrogen) atoms. The number of hydrogen-bond donors (Lipinski definition) is 1. The zero-order valence-electron chi connectivity index (χ0n) is 9.08. The van der Waals surface area contributed by atoms with Crippen LogP contribution in [-0.2, 0) is 12.8 Å². The van der Waals surface area contributed by atoms with Crippen molar-refractivity contribution < 1.29 is 0 Å². The maximum Gasteiger partial charge on any atom is 0.138 e. The van der Waals surface area contributed by atoms with Gasteiger partial charge in [-0.25, -0.2) is 4.98 Å². The first-order valence-electron chi connectivity index (χ1n) is 5.09. The molecule has 0 bridgehead atoms. The van der Waals surface area contributed by atoms with E-state index in [9.17, 15) is 0 Å². The van der Waals surface area contributed by atoms with Crippen LogP contribution < -0.4 is 10.6 Å². The summed E-state index contributed by atoms with van der Waals surface area (Å²) in [6.07, 6.45) is 3.37. The average molecular weight is 221 g/mol. The maximum absolute atomic E-state index is 5.71. The third kappa shape index (κ3) is 1.81. The summed E-state index contributed by atoms with van der Waals surface area (Å²) in [7, 11) is 3.93. The first-order valence-corrected chi connectivity index (χ1v) is 5.50. The molecule has 0 amide bonds. The summed E-state index contributed by atoms with van der Waals surface area (Å²) >= 11 is 5.05. The predicted molar refractivity (Wildman–Crippen MR) is 66.5 cm³/mol.